The molecule has 2 aromatic carbocycles. The summed E-state index contributed by atoms with van der Waals surface area (Å²) in [6, 6.07) is 9.00. The molecule has 0 unspecified atom stereocenters. The van der Waals surface area contributed by atoms with Gasteiger partial charge in [0.15, 0.2) is 6.61 Å². The third kappa shape index (κ3) is 4.24. The van der Waals surface area contributed by atoms with Gasteiger partial charge in [0.25, 0.3) is 0 Å². The maximum absolute atomic E-state index is 11.9. The molecule has 0 amide bonds. The molecular formula is C17H16BrClO3. The molecule has 0 spiro atoms. The van der Waals surface area contributed by atoms with E-state index in [0.717, 1.165) is 21.2 Å². The molecule has 0 radical (unpaired) electrons. The van der Waals surface area contributed by atoms with Gasteiger partial charge in [-0.1, -0.05) is 33.6 Å². The molecule has 2 aromatic rings. The fraction of sp³-hybridized carbons (Fsp3) is 0.235. The summed E-state index contributed by atoms with van der Waals surface area (Å²) in [5.41, 5.74) is 2.84. The van der Waals surface area contributed by atoms with Gasteiger partial charge in [0, 0.05) is 9.50 Å². The number of ether oxygens (including phenoxy) is 2. The van der Waals surface area contributed by atoms with Crippen LogP contribution in [0, 0.1) is 20.8 Å². The van der Waals surface area contributed by atoms with Crippen LogP contribution in [0.25, 0.3) is 0 Å². The van der Waals surface area contributed by atoms with E-state index < -0.39 is 5.97 Å². The Morgan fingerprint density at radius 1 is 1.09 bits per heavy atom. The second kappa shape index (κ2) is 7.16. The number of rotatable bonds is 4. The van der Waals surface area contributed by atoms with Crippen molar-refractivity contribution in [3.05, 3.63) is 56.5 Å². The summed E-state index contributed by atoms with van der Waals surface area (Å²) in [4.78, 5) is 11.9. The third-order valence-corrected chi connectivity index (χ3v) is 4.00. The first-order valence-corrected chi connectivity index (χ1v) is 7.90. The van der Waals surface area contributed by atoms with Crippen LogP contribution in [0.1, 0.15) is 16.7 Å². The molecule has 0 N–H and O–H groups in total. The third-order valence-electron chi connectivity index (χ3n) is 3.13. The quantitative estimate of drug-likeness (QED) is 0.550. The summed E-state index contributed by atoms with van der Waals surface area (Å²) in [6.07, 6.45) is 0. The van der Waals surface area contributed by atoms with Crippen LogP contribution in [0.5, 0.6) is 11.5 Å². The first-order chi connectivity index (χ1) is 10.4. The van der Waals surface area contributed by atoms with Gasteiger partial charge in [-0.2, -0.15) is 0 Å². The lowest BCUT2D eigenvalue weighted by molar-refractivity contribution is -0.136. The van der Waals surface area contributed by atoms with Crippen LogP contribution in [0.15, 0.2) is 34.8 Å². The van der Waals surface area contributed by atoms with E-state index in [1.807, 2.05) is 32.9 Å². The van der Waals surface area contributed by atoms with Crippen LogP contribution < -0.4 is 9.47 Å². The van der Waals surface area contributed by atoms with E-state index in [1.165, 1.54) is 0 Å². The minimum atomic E-state index is -0.471. The molecule has 3 nitrogen and oxygen atoms in total. The largest absolute Gasteiger partial charge is 0.481 e. The average molecular weight is 384 g/mol. The summed E-state index contributed by atoms with van der Waals surface area (Å²) in [6.45, 7) is 5.58. The number of esters is 1. The Kier molecular flexibility index (Phi) is 5.48. The number of carbonyl (C=O) groups is 1. The molecule has 116 valence electrons. The highest BCUT2D eigenvalue weighted by Crippen LogP contribution is 2.27. The molecule has 0 heterocycles. The summed E-state index contributed by atoms with van der Waals surface area (Å²) in [7, 11) is 0. The van der Waals surface area contributed by atoms with E-state index in [9.17, 15) is 4.79 Å². The van der Waals surface area contributed by atoms with E-state index >= 15 is 0 Å². The van der Waals surface area contributed by atoms with Gasteiger partial charge in [0.1, 0.15) is 11.5 Å². The molecule has 0 atom stereocenters. The maximum Gasteiger partial charge on any atom is 0.349 e. The van der Waals surface area contributed by atoms with Gasteiger partial charge in [-0.15, -0.1) is 0 Å². The Morgan fingerprint density at radius 3 is 2.32 bits per heavy atom. The van der Waals surface area contributed by atoms with Gasteiger partial charge in [0.2, 0.25) is 0 Å². The van der Waals surface area contributed by atoms with Crippen LogP contribution >= 0.6 is 27.5 Å². The normalized spacial score (nSPS) is 10.4. The maximum atomic E-state index is 11.9. The Labute approximate surface area is 143 Å². The minimum absolute atomic E-state index is 0.158. The van der Waals surface area contributed by atoms with Gasteiger partial charge in [0.05, 0.1) is 0 Å². The van der Waals surface area contributed by atoms with Gasteiger partial charge in [-0.05, 0) is 61.7 Å². The molecule has 2 rings (SSSR count). The van der Waals surface area contributed by atoms with E-state index in [-0.39, 0.29) is 6.61 Å². The van der Waals surface area contributed by atoms with Crippen molar-refractivity contribution >= 4 is 33.5 Å². The lowest BCUT2D eigenvalue weighted by Crippen LogP contribution is -2.18. The van der Waals surface area contributed by atoms with Crippen molar-refractivity contribution in [2.24, 2.45) is 0 Å². The number of halogens is 2. The number of hydrogen-bond acceptors (Lipinski definition) is 3. The highest BCUT2D eigenvalue weighted by atomic mass is 79.9. The van der Waals surface area contributed by atoms with Crippen molar-refractivity contribution in [1.82, 2.24) is 0 Å². The zero-order valence-electron chi connectivity index (χ0n) is 12.6. The van der Waals surface area contributed by atoms with E-state index in [1.54, 1.807) is 18.2 Å². The predicted octanol–water partition coefficient (Wildman–Crippen LogP) is 5.01. The second-order valence-electron chi connectivity index (χ2n) is 5.04. The van der Waals surface area contributed by atoms with Crippen molar-refractivity contribution < 1.29 is 14.3 Å². The number of carbonyl (C=O) groups excluding carboxylic acids is 1. The summed E-state index contributed by atoms with van der Waals surface area (Å²) >= 11 is 9.42. The lowest BCUT2D eigenvalue weighted by Gasteiger charge is -2.12. The lowest BCUT2D eigenvalue weighted by atomic mass is 10.1. The van der Waals surface area contributed by atoms with Crippen molar-refractivity contribution in [1.29, 1.82) is 0 Å². The first kappa shape index (κ1) is 16.8. The van der Waals surface area contributed by atoms with Crippen molar-refractivity contribution in [2.75, 3.05) is 6.61 Å². The minimum Gasteiger partial charge on any atom is -0.481 e. The zero-order chi connectivity index (χ0) is 16.3. The summed E-state index contributed by atoms with van der Waals surface area (Å²) in [5.74, 6) is 0.636. The first-order valence-electron chi connectivity index (χ1n) is 6.73. The van der Waals surface area contributed by atoms with Crippen LogP contribution in [0.2, 0.25) is 5.02 Å². The fourth-order valence-electron chi connectivity index (χ4n) is 2.05. The van der Waals surface area contributed by atoms with Crippen molar-refractivity contribution in [2.45, 2.75) is 20.8 Å². The monoisotopic (exact) mass is 382 g/mol. The zero-order valence-corrected chi connectivity index (χ0v) is 14.9. The SMILES string of the molecule is Cc1ccc(OC(=O)COc2c(C)cc(Br)cc2C)cc1Cl. The number of hydrogen-bond donors (Lipinski definition) is 0. The molecule has 0 bridgehead atoms. The topological polar surface area (TPSA) is 35.5 Å². The molecule has 0 aromatic heterocycles. The Hall–Kier alpha value is -1.52. The molecule has 0 saturated heterocycles. The van der Waals surface area contributed by atoms with E-state index in [0.29, 0.717) is 16.5 Å². The van der Waals surface area contributed by atoms with Gasteiger partial charge in [-0.3, -0.25) is 0 Å². The molecule has 0 aliphatic carbocycles. The van der Waals surface area contributed by atoms with Gasteiger partial charge in [-0.25, -0.2) is 4.79 Å². The van der Waals surface area contributed by atoms with Gasteiger partial charge >= 0.3 is 5.97 Å². The van der Waals surface area contributed by atoms with Crippen molar-refractivity contribution in [3.63, 3.8) is 0 Å². The molecule has 0 fully saturated rings. The fourth-order valence-corrected chi connectivity index (χ4v) is 2.91. The molecule has 22 heavy (non-hydrogen) atoms. The Bertz CT molecular complexity index is 690. The molecule has 0 aliphatic rings. The van der Waals surface area contributed by atoms with Crippen LogP contribution in [0.3, 0.4) is 0 Å². The van der Waals surface area contributed by atoms with Crippen LogP contribution in [0.4, 0.5) is 0 Å². The molecule has 0 aliphatic heterocycles. The predicted molar refractivity (Wildman–Crippen MR) is 90.9 cm³/mol. The summed E-state index contributed by atoms with van der Waals surface area (Å²) < 4.78 is 11.8. The molecule has 5 heteroatoms. The van der Waals surface area contributed by atoms with E-state index in [4.69, 9.17) is 21.1 Å². The molecular weight excluding hydrogens is 368 g/mol. The summed E-state index contributed by atoms with van der Waals surface area (Å²) in [5, 5.41) is 0.561. The highest BCUT2D eigenvalue weighted by Gasteiger charge is 2.11. The average Bonchev–Trinajstić information content (AvgIpc) is 2.41. The molecule has 0 saturated carbocycles. The smallest absolute Gasteiger partial charge is 0.349 e. The number of benzene rings is 2. The van der Waals surface area contributed by atoms with Crippen LogP contribution in [-0.2, 0) is 4.79 Å². The Morgan fingerprint density at radius 2 is 1.73 bits per heavy atom. The highest BCUT2D eigenvalue weighted by molar-refractivity contribution is 9.10. The Balaban J connectivity index is 2.00. The van der Waals surface area contributed by atoms with E-state index in [2.05, 4.69) is 15.9 Å². The van der Waals surface area contributed by atoms with Gasteiger partial charge < -0.3 is 9.47 Å². The van der Waals surface area contributed by atoms with Crippen molar-refractivity contribution in [3.8, 4) is 11.5 Å². The van der Waals surface area contributed by atoms with Crippen LogP contribution in [-0.4, -0.2) is 12.6 Å². The second-order valence-corrected chi connectivity index (χ2v) is 6.37. The number of aryl methyl sites for hydroxylation is 3. The standard InChI is InChI=1S/C17H16BrClO3/c1-10-4-5-14(8-15(10)19)22-16(20)9-21-17-11(2)6-13(18)7-12(17)3/h4-8H,9H2,1-3H3.